The number of carbonyl (C=O) groups excluding carboxylic acids is 1. The maximum Gasteiger partial charge on any atom is 0.407 e. The summed E-state index contributed by atoms with van der Waals surface area (Å²) in [7, 11) is 0. The third-order valence-corrected chi connectivity index (χ3v) is 4.76. The molecule has 174 valence electrons. The van der Waals surface area contributed by atoms with Crippen LogP contribution >= 0.6 is 0 Å². The first-order chi connectivity index (χ1) is 14.8. The summed E-state index contributed by atoms with van der Waals surface area (Å²) in [6.45, 7) is 12.0. The van der Waals surface area contributed by atoms with E-state index in [1.807, 2.05) is 77.9 Å². The van der Waals surface area contributed by atoms with Crippen LogP contribution in [0.5, 0.6) is 0 Å². The van der Waals surface area contributed by atoms with E-state index in [2.05, 4.69) is 5.32 Å². The largest absolute Gasteiger partial charge is 0.478 e. The number of amides is 1. The number of ether oxygens (including phenoxy) is 2. The summed E-state index contributed by atoms with van der Waals surface area (Å²) in [6.07, 6.45) is 0.119. The zero-order chi connectivity index (χ0) is 23.9. The molecule has 0 saturated heterocycles. The molecule has 0 heterocycles. The number of carbonyl (C=O) groups is 2. The molecule has 2 N–H and O–H groups in total. The van der Waals surface area contributed by atoms with Gasteiger partial charge in [0.2, 0.25) is 0 Å². The minimum atomic E-state index is -0.938. The topological polar surface area (TPSA) is 84.9 Å². The fourth-order valence-corrected chi connectivity index (χ4v) is 3.33. The van der Waals surface area contributed by atoms with Crippen molar-refractivity contribution in [3.63, 3.8) is 0 Å². The fourth-order valence-electron chi connectivity index (χ4n) is 3.33. The Morgan fingerprint density at radius 2 is 1.62 bits per heavy atom. The van der Waals surface area contributed by atoms with Crippen LogP contribution in [0.3, 0.4) is 0 Å². The van der Waals surface area contributed by atoms with Gasteiger partial charge in [0.15, 0.2) is 0 Å². The van der Waals surface area contributed by atoms with Crippen LogP contribution in [0, 0.1) is 0 Å². The third kappa shape index (κ3) is 8.35. The van der Waals surface area contributed by atoms with Crippen molar-refractivity contribution >= 4 is 12.1 Å². The van der Waals surface area contributed by atoms with E-state index in [0.29, 0.717) is 25.2 Å². The van der Waals surface area contributed by atoms with Gasteiger partial charge < -0.3 is 19.9 Å². The van der Waals surface area contributed by atoms with Crippen LogP contribution in [0.2, 0.25) is 0 Å². The van der Waals surface area contributed by atoms with Gasteiger partial charge in [0.25, 0.3) is 0 Å². The van der Waals surface area contributed by atoms with Crippen LogP contribution in [0.25, 0.3) is 0 Å². The highest BCUT2D eigenvalue weighted by Crippen LogP contribution is 2.27. The first-order valence-electron chi connectivity index (χ1n) is 10.8. The van der Waals surface area contributed by atoms with Gasteiger partial charge in [-0.25, -0.2) is 9.59 Å². The number of alkyl carbamates (subject to hydrolysis) is 1. The molecular weight excluding hydrogens is 406 g/mol. The number of rotatable bonds is 8. The number of carboxylic acids is 1. The van der Waals surface area contributed by atoms with Gasteiger partial charge in [0.1, 0.15) is 5.60 Å². The second-order valence-electron chi connectivity index (χ2n) is 9.98. The molecule has 0 bridgehead atoms. The van der Waals surface area contributed by atoms with Crippen molar-refractivity contribution in [2.24, 2.45) is 0 Å². The Bertz CT molecular complexity index is 910. The second-order valence-corrected chi connectivity index (χ2v) is 9.98. The lowest BCUT2D eigenvalue weighted by Gasteiger charge is -2.24. The molecule has 32 heavy (non-hydrogen) atoms. The highest BCUT2D eigenvalue weighted by molar-refractivity contribution is 5.90. The van der Waals surface area contributed by atoms with Gasteiger partial charge in [-0.1, -0.05) is 63.2 Å². The van der Waals surface area contributed by atoms with Crippen molar-refractivity contribution in [3.8, 4) is 0 Å². The number of aromatic carboxylic acids is 1. The summed E-state index contributed by atoms with van der Waals surface area (Å²) in [4.78, 5) is 23.9. The van der Waals surface area contributed by atoms with Gasteiger partial charge in [-0.05, 0) is 55.4 Å². The van der Waals surface area contributed by atoms with E-state index in [4.69, 9.17) is 9.47 Å². The van der Waals surface area contributed by atoms with Gasteiger partial charge in [-0.3, -0.25) is 0 Å². The molecular formula is C26H35NO5. The molecule has 0 spiro atoms. The molecule has 6 heteroatoms. The zero-order valence-corrected chi connectivity index (χ0v) is 19.9. The monoisotopic (exact) mass is 441 g/mol. The first kappa shape index (κ1) is 25.4. The van der Waals surface area contributed by atoms with Gasteiger partial charge in [0.05, 0.1) is 24.8 Å². The average Bonchev–Trinajstić information content (AvgIpc) is 2.66. The van der Waals surface area contributed by atoms with E-state index >= 15 is 0 Å². The number of carboxylic acid groups (broad SMARTS) is 1. The minimum absolute atomic E-state index is 0.271. The molecule has 2 aromatic rings. The smallest absolute Gasteiger partial charge is 0.407 e. The standard InChI is InChI=1S/C26H35NO5/c1-25(2,3)22-15-19(12-13-21(22)23(28)29)16-31-17-20(14-18-10-8-7-9-11-18)27-24(30)32-26(4,5)6/h7-13,15,20H,14,16-17H2,1-6H3,(H,27,30)(H,28,29)/t20-/m0/s1. The van der Waals surface area contributed by atoms with E-state index in [-0.39, 0.29) is 11.5 Å². The SMILES string of the molecule is CC(C)(C)OC(=O)N[C@H](COCc1ccc(C(=O)O)c(C(C)(C)C)c1)Cc1ccccc1. The lowest BCUT2D eigenvalue weighted by atomic mass is 9.83. The highest BCUT2D eigenvalue weighted by atomic mass is 16.6. The predicted octanol–water partition coefficient (Wildman–Crippen LogP) is 5.33. The number of benzene rings is 2. The molecule has 2 aromatic carbocycles. The van der Waals surface area contributed by atoms with Crippen LogP contribution < -0.4 is 5.32 Å². The molecule has 1 amide bonds. The minimum Gasteiger partial charge on any atom is -0.478 e. The van der Waals surface area contributed by atoms with E-state index in [1.54, 1.807) is 12.1 Å². The quantitative estimate of drug-likeness (QED) is 0.578. The summed E-state index contributed by atoms with van der Waals surface area (Å²) in [5.74, 6) is -0.938. The summed E-state index contributed by atoms with van der Waals surface area (Å²) >= 11 is 0. The molecule has 0 unspecified atom stereocenters. The molecule has 2 rings (SSSR count). The molecule has 6 nitrogen and oxygen atoms in total. The highest BCUT2D eigenvalue weighted by Gasteiger charge is 2.23. The van der Waals surface area contributed by atoms with E-state index in [9.17, 15) is 14.7 Å². The third-order valence-electron chi connectivity index (χ3n) is 4.76. The number of nitrogens with one attached hydrogen (secondary N) is 1. The van der Waals surface area contributed by atoms with E-state index in [1.165, 1.54) is 0 Å². The Morgan fingerprint density at radius 3 is 2.19 bits per heavy atom. The Kier molecular flexibility index (Phi) is 8.44. The summed E-state index contributed by atoms with van der Waals surface area (Å²) in [6, 6.07) is 14.9. The van der Waals surface area contributed by atoms with Crippen molar-refractivity contribution in [2.75, 3.05) is 6.61 Å². The zero-order valence-electron chi connectivity index (χ0n) is 19.9. The Labute approximate surface area is 190 Å². The van der Waals surface area contributed by atoms with E-state index in [0.717, 1.165) is 16.7 Å². The van der Waals surface area contributed by atoms with Crippen LogP contribution in [0.4, 0.5) is 4.79 Å². The van der Waals surface area contributed by atoms with Gasteiger partial charge in [-0.15, -0.1) is 0 Å². The second kappa shape index (κ2) is 10.6. The van der Waals surface area contributed by atoms with Crippen LogP contribution in [-0.4, -0.2) is 35.4 Å². The van der Waals surface area contributed by atoms with E-state index < -0.39 is 17.7 Å². The molecule has 1 atom stereocenters. The van der Waals surface area contributed by atoms with Gasteiger partial charge in [0, 0.05) is 0 Å². The predicted molar refractivity (Wildman–Crippen MR) is 125 cm³/mol. The lowest BCUT2D eigenvalue weighted by molar-refractivity contribution is 0.0429. The van der Waals surface area contributed by atoms with Crippen molar-refractivity contribution in [2.45, 2.75) is 71.6 Å². The number of hydrogen-bond donors (Lipinski definition) is 2. The van der Waals surface area contributed by atoms with Crippen molar-refractivity contribution in [1.29, 1.82) is 0 Å². The Hall–Kier alpha value is -2.86. The average molecular weight is 442 g/mol. The van der Waals surface area contributed by atoms with Gasteiger partial charge in [-0.2, -0.15) is 0 Å². The maximum atomic E-state index is 12.3. The summed E-state index contributed by atoms with van der Waals surface area (Å²) in [5, 5.41) is 12.4. The van der Waals surface area contributed by atoms with Crippen molar-refractivity contribution < 1.29 is 24.2 Å². The summed E-state index contributed by atoms with van der Waals surface area (Å²) in [5.41, 5.74) is 2.14. The number of hydrogen-bond acceptors (Lipinski definition) is 4. The van der Waals surface area contributed by atoms with Crippen molar-refractivity contribution in [1.82, 2.24) is 5.32 Å². The normalized spacial score (nSPS) is 12.8. The van der Waals surface area contributed by atoms with Crippen LogP contribution in [0.1, 0.15) is 68.6 Å². The van der Waals surface area contributed by atoms with Crippen molar-refractivity contribution in [3.05, 3.63) is 70.8 Å². The van der Waals surface area contributed by atoms with Crippen LogP contribution in [-0.2, 0) is 27.9 Å². The maximum absolute atomic E-state index is 12.3. The lowest BCUT2D eigenvalue weighted by Crippen LogP contribution is -2.42. The molecule has 0 saturated carbocycles. The van der Waals surface area contributed by atoms with Gasteiger partial charge >= 0.3 is 12.1 Å². The fraction of sp³-hybridized carbons (Fsp3) is 0.462. The molecule has 0 aromatic heterocycles. The molecule has 0 aliphatic carbocycles. The van der Waals surface area contributed by atoms with Crippen LogP contribution in [0.15, 0.2) is 48.5 Å². The Morgan fingerprint density at radius 1 is 0.969 bits per heavy atom. The molecule has 0 aliphatic heterocycles. The Balaban J connectivity index is 2.08. The molecule has 0 aliphatic rings. The molecule has 0 fully saturated rings. The summed E-state index contributed by atoms with van der Waals surface area (Å²) < 4.78 is 11.3. The molecule has 0 radical (unpaired) electrons. The first-order valence-corrected chi connectivity index (χ1v) is 10.8.